The highest BCUT2D eigenvalue weighted by Crippen LogP contribution is 2.14. The Morgan fingerprint density at radius 1 is 0.889 bits per heavy atom. The molecule has 0 aliphatic heterocycles. The maximum absolute atomic E-state index is 10.8. The van der Waals surface area contributed by atoms with Gasteiger partial charge in [0, 0.05) is 23.4 Å². The second-order valence-electron chi connectivity index (χ2n) is 3.96. The van der Waals surface area contributed by atoms with Gasteiger partial charge in [0.15, 0.2) is 0 Å². The molecule has 0 saturated heterocycles. The SMILES string of the molecule is O=Cc1cc(C=O)cc(NCc2ccccc2)c1. The molecule has 3 heteroatoms. The highest BCUT2D eigenvalue weighted by atomic mass is 16.1. The van der Waals surface area contributed by atoms with Crippen LogP contribution in [0.2, 0.25) is 0 Å². The number of hydrogen-bond donors (Lipinski definition) is 1. The summed E-state index contributed by atoms with van der Waals surface area (Å²) in [6.45, 7) is 0.654. The minimum atomic E-state index is 0.496. The number of rotatable bonds is 5. The third kappa shape index (κ3) is 3.04. The molecule has 0 aliphatic carbocycles. The number of carbonyl (C=O) groups excluding carboxylic acids is 2. The van der Waals surface area contributed by atoms with Crippen molar-refractivity contribution in [2.45, 2.75) is 6.54 Å². The van der Waals surface area contributed by atoms with Crippen LogP contribution in [0, 0.1) is 0 Å². The lowest BCUT2D eigenvalue weighted by atomic mass is 10.1. The monoisotopic (exact) mass is 239 g/mol. The van der Waals surface area contributed by atoms with E-state index in [0.29, 0.717) is 17.7 Å². The van der Waals surface area contributed by atoms with Crippen molar-refractivity contribution < 1.29 is 9.59 Å². The van der Waals surface area contributed by atoms with Crippen LogP contribution in [0.25, 0.3) is 0 Å². The van der Waals surface area contributed by atoms with Gasteiger partial charge in [0.25, 0.3) is 0 Å². The number of anilines is 1. The molecule has 18 heavy (non-hydrogen) atoms. The first-order chi connectivity index (χ1) is 8.81. The summed E-state index contributed by atoms with van der Waals surface area (Å²) < 4.78 is 0. The molecule has 3 nitrogen and oxygen atoms in total. The van der Waals surface area contributed by atoms with Gasteiger partial charge in [-0.25, -0.2) is 0 Å². The fraction of sp³-hybridized carbons (Fsp3) is 0.0667. The molecule has 1 N–H and O–H groups in total. The molecular weight excluding hydrogens is 226 g/mol. The van der Waals surface area contributed by atoms with Gasteiger partial charge in [-0.2, -0.15) is 0 Å². The van der Waals surface area contributed by atoms with Gasteiger partial charge in [-0.1, -0.05) is 30.3 Å². The zero-order chi connectivity index (χ0) is 12.8. The first kappa shape index (κ1) is 12.0. The number of hydrogen-bond acceptors (Lipinski definition) is 3. The van der Waals surface area contributed by atoms with E-state index in [1.807, 2.05) is 30.3 Å². The molecule has 90 valence electrons. The van der Waals surface area contributed by atoms with Gasteiger partial charge in [-0.3, -0.25) is 9.59 Å². The van der Waals surface area contributed by atoms with Gasteiger partial charge in [-0.15, -0.1) is 0 Å². The number of carbonyl (C=O) groups is 2. The Labute approximate surface area is 105 Å². The van der Waals surface area contributed by atoms with E-state index in [1.165, 1.54) is 0 Å². The summed E-state index contributed by atoms with van der Waals surface area (Å²) in [7, 11) is 0. The van der Waals surface area contributed by atoms with Gasteiger partial charge < -0.3 is 5.32 Å². The van der Waals surface area contributed by atoms with Crippen molar-refractivity contribution in [3.05, 3.63) is 65.2 Å². The van der Waals surface area contributed by atoms with Crippen molar-refractivity contribution in [3.8, 4) is 0 Å². The maximum Gasteiger partial charge on any atom is 0.150 e. The van der Waals surface area contributed by atoms with Crippen LogP contribution >= 0.6 is 0 Å². The van der Waals surface area contributed by atoms with Gasteiger partial charge >= 0.3 is 0 Å². The van der Waals surface area contributed by atoms with Gasteiger partial charge in [0.05, 0.1) is 0 Å². The van der Waals surface area contributed by atoms with Crippen LogP contribution in [0.5, 0.6) is 0 Å². The molecular formula is C15H13NO2. The smallest absolute Gasteiger partial charge is 0.150 e. The van der Waals surface area contributed by atoms with E-state index in [1.54, 1.807) is 18.2 Å². The van der Waals surface area contributed by atoms with Crippen molar-refractivity contribution in [1.82, 2.24) is 0 Å². The molecule has 0 saturated carbocycles. The Morgan fingerprint density at radius 3 is 2.06 bits per heavy atom. The average molecular weight is 239 g/mol. The van der Waals surface area contributed by atoms with E-state index in [-0.39, 0.29) is 0 Å². The number of benzene rings is 2. The molecule has 0 fully saturated rings. The van der Waals surface area contributed by atoms with Gasteiger partial charge in [-0.05, 0) is 23.8 Å². The van der Waals surface area contributed by atoms with Crippen molar-refractivity contribution in [2.75, 3.05) is 5.32 Å². The first-order valence-corrected chi connectivity index (χ1v) is 5.65. The normalized spacial score (nSPS) is 9.78. The predicted molar refractivity (Wildman–Crippen MR) is 71.0 cm³/mol. The summed E-state index contributed by atoms with van der Waals surface area (Å²) in [5, 5.41) is 3.19. The van der Waals surface area contributed by atoms with E-state index >= 15 is 0 Å². The molecule has 2 rings (SSSR count). The van der Waals surface area contributed by atoms with Crippen LogP contribution in [0.3, 0.4) is 0 Å². The van der Waals surface area contributed by atoms with E-state index < -0.39 is 0 Å². The fourth-order valence-electron chi connectivity index (χ4n) is 1.71. The Kier molecular flexibility index (Phi) is 3.86. The third-order valence-corrected chi connectivity index (χ3v) is 2.59. The first-order valence-electron chi connectivity index (χ1n) is 5.65. The summed E-state index contributed by atoms with van der Waals surface area (Å²) >= 11 is 0. The number of nitrogens with one attached hydrogen (secondary N) is 1. The molecule has 0 unspecified atom stereocenters. The molecule has 0 spiro atoms. The fourth-order valence-corrected chi connectivity index (χ4v) is 1.71. The van der Waals surface area contributed by atoms with Crippen LogP contribution in [0.4, 0.5) is 5.69 Å². The largest absolute Gasteiger partial charge is 0.381 e. The Hall–Kier alpha value is -2.42. The molecule has 0 amide bonds. The Morgan fingerprint density at radius 2 is 1.50 bits per heavy atom. The van der Waals surface area contributed by atoms with Crippen LogP contribution in [0.1, 0.15) is 26.3 Å². The van der Waals surface area contributed by atoms with E-state index in [9.17, 15) is 9.59 Å². The molecule has 0 radical (unpaired) electrons. The van der Waals surface area contributed by atoms with Crippen LogP contribution in [0.15, 0.2) is 48.5 Å². The van der Waals surface area contributed by atoms with Crippen molar-refractivity contribution in [2.24, 2.45) is 0 Å². The second-order valence-corrected chi connectivity index (χ2v) is 3.96. The van der Waals surface area contributed by atoms with E-state index in [0.717, 1.165) is 23.8 Å². The minimum absolute atomic E-state index is 0.496. The van der Waals surface area contributed by atoms with Crippen molar-refractivity contribution >= 4 is 18.3 Å². The highest BCUT2D eigenvalue weighted by Gasteiger charge is 2.00. The van der Waals surface area contributed by atoms with E-state index in [2.05, 4.69) is 5.32 Å². The standard InChI is InChI=1S/C15H13NO2/c17-10-13-6-14(11-18)8-15(7-13)16-9-12-4-2-1-3-5-12/h1-8,10-11,16H,9H2. The van der Waals surface area contributed by atoms with Crippen LogP contribution in [-0.4, -0.2) is 12.6 Å². The summed E-state index contributed by atoms with van der Waals surface area (Å²) in [6.07, 6.45) is 1.47. The van der Waals surface area contributed by atoms with E-state index in [4.69, 9.17) is 0 Å². The van der Waals surface area contributed by atoms with Crippen molar-refractivity contribution in [3.63, 3.8) is 0 Å². The minimum Gasteiger partial charge on any atom is -0.381 e. The molecule has 2 aromatic rings. The lowest BCUT2D eigenvalue weighted by molar-refractivity contribution is 0.112. The Balaban J connectivity index is 2.13. The summed E-state index contributed by atoms with van der Waals surface area (Å²) in [6, 6.07) is 14.9. The summed E-state index contributed by atoms with van der Waals surface area (Å²) in [4.78, 5) is 21.5. The zero-order valence-corrected chi connectivity index (χ0v) is 9.80. The lowest BCUT2D eigenvalue weighted by Crippen LogP contribution is -2.00. The number of aldehydes is 2. The average Bonchev–Trinajstić information content (AvgIpc) is 2.45. The highest BCUT2D eigenvalue weighted by molar-refractivity contribution is 5.84. The quantitative estimate of drug-likeness (QED) is 0.816. The molecule has 0 aromatic heterocycles. The third-order valence-electron chi connectivity index (χ3n) is 2.59. The maximum atomic E-state index is 10.8. The summed E-state index contributed by atoms with van der Waals surface area (Å²) in [5.41, 5.74) is 2.90. The molecule has 0 atom stereocenters. The second kappa shape index (κ2) is 5.77. The van der Waals surface area contributed by atoms with Crippen molar-refractivity contribution in [1.29, 1.82) is 0 Å². The van der Waals surface area contributed by atoms with Crippen LogP contribution in [-0.2, 0) is 6.54 Å². The predicted octanol–water partition coefficient (Wildman–Crippen LogP) is 2.92. The van der Waals surface area contributed by atoms with Crippen LogP contribution < -0.4 is 5.32 Å². The summed E-state index contributed by atoms with van der Waals surface area (Å²) in [5.74, 6) is 0. The zero-order valence-electron chi connectivity index (χ0n) is 9.80. The molecule has 0 aliphatic rings. The molecule has 0 bridgehead atoms. The molecule has 0 heterocycles. The van der Waals surface area contributed by atoms with Gasteiger partial charge in [0.1, 0.15) is 12.6 Å². The Bertz CT molecular complexity index is 523. The topological polar surface area (TPSA) is 46.2 Å². The lowest BCUT2D eigenvalue weighted by Gasteiger charge is -2.07. The molecule has 2 aromatic carbocycles. The van der Waals surface area contributed by atoms with Gasteiger partial charge in [0.2, 0.25) is 0 Å².